The van der Waals surface area contributed by atoms with E-state index in [1.165, 1.54) is 0 Å². The lowest BCUT2D eigenvalue weighted by atomic mass is 9.87. The Morgan fingerprint density at radius 1 is 1.13 bits per heavy atom. The molecule has 2 aromatic rings. The van der Waals surface area contributed by atoms with Gasteiger partial charge in [-0.25, -0.2) is 0 Å². The van der Waals surface area contributed by atoms with Gasteiger partial charge >= 0.3 is 0 Å². The zero-order valence-corrected chi connectivity index (χ0v) is 17.2. The van der Waals surface area contributed by atoms with E-state index < -0.39 is 0 Å². The number of carbonyl (C=O) groups is 2. The Kier molecular flexibility index (Phi) is 5.79. The predicted molar refractivity (Wildman–Crippen MR) is 111 cm³/mol. The van der Waals surface area contributed by atoms with Crippen molar-refractivity contribution in [3.63, 3.8) is 0 Å². The van der Waals surface area contributed by atoms with Gasteiger partial charge in [0.15, 0.2) is 11.5 Å². The van der Waals surface area contributed by atoms with Gasteiger partial charge in [0, 0.05) is 32.0 Å². The molecule has 4 rings (SSSR count). The average molecular weight is 410 g/mol. The normalized spacial score (nSPS) is 19.6. The molecule has 7 heteroatoms. The molecule has 2 heterocycles. The summed E-state index contributed by atoms with van der Waals surface area (Å²) in [4.78, 5) is 27.3. The van der Waals surface area contributed by atoms with Crippen LogP contribution in [0.4, 0.5) is 0 Å². The fourth-order valence-corrected chi connectivity index (χ4v) is 4.16. The summed E-state index contributed by atoms with van der Waals surface area (Å²) in [7, 11) is 1.62. The lowest BCUT2D eigenvalue weighted by Gasteiger charge is -2.20. The Balaban J connectivity index is 1.51. The van der Waals surface area contributed by atoms with Crippen LogP contribution in [-0.2, 0) is 16.1 Å². The first-order chi connectivity index (χ1) is 14.6. The topological polar surface area (TPSA) is 77.1 Å². The molecular weight excluding hydrogens is 384 g/mol. The third-order valence-electron chi connectivity index (χ3n) is 5.75. The van der Waals surface area contributed by atoms with E-state index in [9.17, 15) is 9.59 Å². The molecule has 1 fully saturated rings. The van der Waals surface area contributed by atoms with Crippen LogP contribution >= 0.6 is 0 Å². The maximum absolute atomic E-state index is 13.1. The Morgan fingerprint density at radius 2 is 1.93 bits per heavy atom. The van der Waals surface area contributed by atoms with Crippen LogP contribution in [0.3, 0.4) is 0 Å². The molecule has 0 unspecified atom stereocenters. The number of nitrogens with zero attached hydrogens (tertiary/aromatic N) is 1. The molecule has 2 aliphatic rings. The number of fused-ring (bicyclic) bond motifs is 1. The fraction of sp³-hybridized carbons (Fsp3) is 0.391. The number of amides is 2. The van der Waals surface area contributed by atoms with Crippen LogP contribution in [0.2, 0.25) is 0 Å². The number of hydrogen-bond donors (Lipinski definition) is 1. The van der Waals surface area contributed by atoms with E-state index in [0.29, 0.717) is 37.6 Å². The first-order valence-electron chi connectivity index (χ1n) is 10.2. The van der Waals surface area contributed by atoms with Gasteiger partial charge in [0.2, 0.25) is 18.6 Å². The van der Waals surface area contributed by atoms with Gasteiger partial charge in [-0.3, -0.25) is 9.59 Å². The Labute approximate surface area is 175 Å². The molecule has 0 aliphatic carbocycles. The minimum Gasteiger partial charge on any atom is -0.496 e. The standard InChI is InChI=1S/C23H26N2O5/c1-3-22(26)25-12-17(16-6-4-5-7-19(16)28-2)18(13-25)23(27)24-11-15-8-9-20-21(10-15)30-14-29-20/h4-10,17-18H,3,11-14H2,1-2H3,(H,24,27)/t17-,18+/m1/s1. The fourth-order valence-electron chi connectivity index (χ4n) is 4.16. The summed E-state index contributed by atoms with van der Waals surface area (Å²) in [5, 5.41) is 3.03. The van der Waals surface area contributed by atoms with Crippen molar-refractivity contribution in [1.82, 2.24) is 10.2 Å². The molecule has 0 aromatic heterocycles. The third-order valence-corrected chi connectivity index (χ3v) is 5.75. The molecule has 0 bridgehead atoms. The van der Waals surface area contributed by atoms with Gasteiger partial charge in [0.1, 0.15) is 5.75 Å². The summed E-state index contributed by atoms with van der Waals surface area (Å²) in [5.74, 6) is 1.66. The summed E-state index contributed by atoms with van der Waals surface area (Å²) in [5.41, 5.74) is 1.88. The second-order valence-electron chi connectivity index (χ2n) is 7.51. The summed E-state index contributed by atoms with van der Waals surface area (Å²) in [6.07, 6.45) is 0.421. The smallest absolute Gasteiger partial charge is 0.231 e. The minimum atomic E-state index is -0.342. The minimum absolute atomic E-state index is 0.0565. The molecule has 1 saturated heterocycles. The molecular formula is C23H26N2O5. The van der Waals surface area contributed by atoms with Crippen LogP contribution < -0.4 is 19.5 Å². The van der Waals surface area contributed by atoms with Gasteiger partial charge in [0.25, 0.3) is 0 Å². The van der Waals surface area contributed by atoms with Gasteiger partial charge in [0.05, 0.1) is 13.0 Å². The lowest BCUT2D eigenvalue weighted by molar-refractivity contribution is -0.130. The maximum atomic E-state index is 13.1. The van der Waals surface area contributed by atoms with Crippen LogP contribution in [0.5, 0.6) is 17.2 Å². The van der Waals surface area contributed by atoms with Gasteiger partial charge in [-0.05, 0) is 29.3 Å². The van der Waals surface area contributed by atoms with Gasteiger partial charge in [-0.2, -0.15) is 0 Å². The van der Waals surface area contributed by atoms with E-state index in [4.69, 9.17) is 14.2 Å². The largest absolute Gasteiger partial charge is 0.496 e. The van der Waals surface area contributed by atoms with Crippen LogP contribution in [0, 0.1) is 5.92 Å². The first-order valence-corrected chi connectivity index (χ1v) is 10.2. The summed E-state index contributed by atoms with van der Waals surface area (Å²) in [6, 6.07) is 13.3. The zero-order valence-electron chi connectivity index (χ0n) is 17.2. The lowest BCUT2D eigenvalue weighted by Crippen LogP contribution is -2.35. The van der Waals surface area contributed by atoms with Crippen LogP contribution in [0.25, 0.3) is 0 Å². The number of benzene rings is 2. The van der Waals surface area contributed by atoms with Crippen LogP contribution in [-0.4, -0.2) is 43.7 Å². The predicted octanol–water partition coefficient (Wildman–Crippen LogP) is 2.69. The van der Waals surface area contributed by atoms with Crippen molar-refractivity contribution >= 4 is 11.8 Å². The van der Waals surface area contributed by atoms with E-state index >= 15 is 0 Å². The number of carbonyl (C=O) groups excluding carboxylic acids is 2. The first kappa shape index (κ1) is 20.1. The number of nitrogens with one attached hydrogen (secondary N) is 1. The summed E-state index contributed by atoms with van der Waals surface area (Å²) in [6.45, 7) is 3.35. The van der Waals surface area contributed by atoms with E-state index in [2.05, 4.69) is 5.32 Å². The molecule has 2 aliphatic heterocycles. The second kappa shape index (κ2) is 8.65. The number of methoxy groups -OCH3 is 1. The van der Waals surface area contributed by atoms with Crippen molar-refractivity contribution in [2.75, 3.05) is 27.0 Å². The number of rotatable bonds is 6. The summed E-state index contributed by atoms with van der Waals surface area (Å²) < 4.78 is 16.3. The Morgan fingerprint density at radius 3 is 2.73 bits per heavy atom. The highest BCUT2D eigenvalue weighted by molar-refractivity contribution is 5.83. The van der Waals surface area contributed by atoms with E-state index in [1.807, 2.05) is 49.4 Å². The highest BCUT2D eigenvalue weighted by Gasteiger charge is 2.41. The van der Waals surface area contributed by atoms with Crippen molar-refractivity contribution in [2.45, 2.75) is 25.8 Å². The average Bonchev–Trinajstić information content (AvgIpc) is 3.43. The molecule has 158 valence electrons. The van der Waals surface area contributed by atoms with Crippen LogP contribution in [0.15, 0.2) is 42.5 Å². The molecule has 2 aromatic carbocycles. The molecule has 7 nitrogen and oxygen atoms in total. The highest BCUT2D eigenvalue weighted by atomic mass is 16.7. The summed E-state index contributed by atoms with van der Waals surface area (Å²) >= 11 is 0. The van der Waals surface area contributed by atoms with Gasteiger partial charge in [-0.15, -0.1) is 0 Å². The SMILES string of the molecule is CCC(=O)N1C[C@H](C(=O)NCc2ccc3c(c2)OCO3)[C@@H](c2ccccc2OC)C1. The molecule has 30 heavy (non-hydrogen) atoms. The molecule has 1 N–H and O–H groups in total. The van der Waals surface area contributed by atoms with Crippen molar-refractivity contribution < 1.29 is 23.8 Å². The maximum Gasteiger partial charge on any atom is 0.231 e. The number of para-hydroxylation sites is 1. The Bertz CT molecular complexity index is 945. The molecule has 2 amide bonds. The quantitative estimate of drug-likeness (QED) is 0.792. The molecule has 0 radical (unpaired) electrons. The van der Waals surface area contributed by atoms with Crippen molar-refractivity contribution in [3.05, 3.63) is 53.6 Å². The highest BCUT2D eigenvalue weighted by Crippen LogP contribution is 2.38. The third kappa shape index (κ3) is 3.92. The zero-order chi connectivity index (χ0) is 21.1. The van der Waals surface area contributed by atoms with Crippen molar-refractivity contribution in [3.8, 4) is 17.2 Å². The van der Waals surface area contributed by atoms with Crippen molar-refractivity contribution in [2.24, 2.45) is 5.92 Å². The molecule has 0 saturated carbocycles. The van der Waals surface area contributed by atoms with Crippen molar-refractivity contribution in [1.29, 1.82) is 0 Å². The van der Waals surface area contributed by atoms with Gasteiger partial charge < -0.3 is 24.4 Å². The van der Waals surface area contributed by atoms with E-state index in [1.54, 1.807) is 12.0 Å². The Hall–Kier alpha value is -3.22. The monoisotopic (exact) mass is 410 g/mol. The van der Waals surface area contributed by atoms with E-state index in [-0.39, 0.29) is 30.4 Å². The van der Waals surface area contributed by atoms with E-state index in [0.717, 1.165) is 16.9 Å². The number of likely N-dealkylation sites (tertiary alicyclic amines) is 1. The molecule has 2 atom stereocenters. The second-order valence-corrected chi connectivity index (χ2v) is 7.51. The number of ether oxygens (including phenoxy) is 3. The number of hydrogen-bond acceptors (Lipinski definition) is 5. The molecule has 0 spiro atoms. The van der Waals surface area contributed by atoms with Gasteiger partial charge in [-0.1, -0.05) is 31.2 Å². The van der Waals surface area contributed by atoms with Crippen LogP contribution in [0.1, 0.15) is 30.4 Å².